The molecule has 0 aromatic heterocycles. The Labute approximate surface area is 112 Å². The van der Waals surface area contributed by atoms with Gasteiger partial charge < -0.3 is 14.2 Å². The summed E-state index contributed by atoms with van der Waals surface area (Å²) in [5.74, 6) is -1.68. The maximum Gasteiger partial charge on any atom is 0.330 e. The second-order valence-corrected chi connectivity index (χ2v) is 4.08. The summed E-state index contributed by atoms with van der Waals surface area (Å²) in [7, 11) is 2.64. The summed E-state index contributed by atoms with van der Waals surface area (Å²) in [6.45, 7) is 4.34. The van der Waals surface area contributed by atoms with E-state index in [0.29, 0.717) is 0 Å². The van der Waals surface area contributed by atoms with Crippen LogP contribution in [0.4, 0.5) is 0 Å². The summed E-state index contributed by atoms with van der Waals surface area (Å²) in [6, 6.07) is 0. The van der Waals surface area contributed by atoms with E-state index in [1.807, 2.05) is 0 Å². The van der Waals surface area contributed by atoms with Crippen molar-refractivity contribution in [2.75, 3.05) is 14.2 Å². The first-order valence-electron chi connectivity index (χ1n) is 5.80. The number of hydrogen-bond donors (Lipinski definition) is 0. The molecule has 0 aliphatic heterocycles. The molecule has 0 rings (SSSR count). The molecule has 0 amide bonds. The van der Waals surface area contributed by atoms with Crippen LogP contribution in [0.1, 0.15) is 20.8 Å². The number of carbonyl (C=O) groups is 3. The predicted molar refractivity (Wildman–Crippen MR) is 67.4 cm³/mol. The molecule has 0 N–H and O–H groups in total. The molecule has 0 unspecified atom stereocenters. The van der Waals surface area contributed by atoms with Gasteiger partial charge in [-0.15, -0.1) is 0 Å². The van der Waals surface area contributed by atoms with Crippen LogP contribution in [-0.2, 0) is 28.6 Å². The smallest absolute Gasteiger partial charge is 0.330 e. The van der Waals surface area contributed by atoms with Crippen LogP contribution >= 0.6 is 0 Å². The number of hydrogen-bond acceptors (Lipinski definition) is 6. The highest BCUT2D eigenvalue weighted by Crippen LogP contribution is 2.17. The van der Waals surface area contributed by atoms with Crippen molar-refractivity contribution < 1.29 is 28.6 Å². The van der Waals surface area contributed by atoms with E-state index in [9.17, 15) is 14.4 Å². The maximum atomic E-state index is 11.4. The Bertz CT molecular complexity index is 360. The molecule has 19 heavy (non-hydrogen) atoms. The monoisotopic (exact) mass is 272 g/mol. The fraction of sp³-hybridized carbons (Fsp3) is 0.615. The minimum Gasteiger partial charge on any atom is -0.466 e. The number of methoxy groups -OCH3 is 2. The molecule has 0 spiro atoms. The molecule has 0 saturated heterocycles. The van der Waals surface area contributed by atoms with Crippen LogP contribution < -0.4 is 0 Å². The summed E-state index contributed by atoms with van der Waals surface area (Å²) in [5, 5.41) is 0. The van der Waals surface area contributed by atoms with Crippen molar-refractivity contribution in [3.8, 4) is 0 Å². The zero-order chi connectivity index (χ0) is 15.0. The normalized spacial score (nSPS) is 15.6. The van der Waals surface area contributed by atoms with E-state index in [1.54, 1.807) is 6.92 Å². The Morgan fingerprint density at radius 1 is 1.11 bits per heavy atom. The van der Waals surface area contributed by atoms with Crippen molar-refractivity contribution in [3.63, 3.8) is 0 Å². The standard InChI is InChI=1S/C13H20O6/c1-8(13(18-5)9(2)14)11(19-10(3)15)6-7-12(16)17-4/h6-8,11,13H,1-5H3/b7-6+/t8-,11+,13+/m0/s1. The van der Waals surface area contributed by atoms with Crippen LogP contribution in [0.5, 0.6) is 0 Å². The van der Waals surface area contributed by atoms with Crippen LogP contribution in [0, 0.1) is 5.92 Å². The first-order valence-corrected chi connectivity index (χ1v) is 5.80. The van der Waals surface area contributed by atoms with Crippen molar-refractivity contribution in [1.82, 2.24) is 0 Å². The topological polar surface area (TPSA) is 78.9 Å². The molecule has 0 saturated carbocycles. The van der Waals surface area contributed by atoms with E-state index in [0.717, 1.165) is 6.08 Å². The quantitative estimate of drug-likeness (QED) is 0.506. The van der Waals surface area contributed by atoms with Gasteiger partial charge in [0.2, 0.25) is 0 Å². The largest absolute Gasteiger partial charge is 0.466 e. The van der Waals surface area contributed by atoms with E-state index in [4.69, 9.17) is 9.47 Å². The third kappa shape index (κ3) is 6.15. The molecule has 0 aliphatic carbocycles. The van der Waals surface area contributed by atoms with Gasteiger partial charge in [-0.25, -0.2) is 4.79 Å². The number of rotatable bonds is 7. The number of esters is 2. The third-order valence-electron chi connectivity index (χ3n) is 2.58. The first-order chi connectivity index (χ1) is 8.83. The van der Waals surface area contributed by atoms with E-state index >= 15 is 0 Å². The van der Waals surface area contributed by atoms with Gasteiger partial charge in [-0.1, -0.05) is 6.92 Å². The van der Waals surface area contributed by atoms with Crippen LogP contribution in [0.3, 0.4) is 0 Å². The fourth-order valence-electron chi connectivity index (χ4n) is 1.68. The van der Waals surface area contributed by atoms with E-state index < -0.39 is 30.1 Å². The molecule has 108 valence electrons. The van der Waals surface area contributed by atoms with Crippen LogP contribution in [0.15, 0.2) is 12.2 Å². The molecule has 0 radical (unpaired) electrons. The summed E-state index contributed by atoms with van der Waals surface area (Å²) >= 11 is 0. The van der Waals surface area contributed by atoms with Crippen LogP contribution in [0.2, 0.25) is 0 Å². The van der Waals surface area contributed by atoms with E-state index in [2.05, 4.69) is 4.74 Å². The second kappa shape index (κ2) is 8.42. The number of ketones is 1. The van der Waals surface area contributed by atoms with Crippen molar-refractivity contribution in [1.29, 1.82) is 0 Å². The molecule has 6 heteroatoms. The lowest BCUT2D eigenvalue weighted by Crippen LogP contribution is -2.37. The first kappa shape index (κ1) is 17.3. The zero-order valence-corrected chi connectivity index (χ0v) is 11.8. The summed E-state index contributed by atoms with van der Waals surface area (Å²) < 4.78 is 14.6. The Hall–Kier alpha value is -1.69. The zero-order valence-electron chi connectivity index (χ0n) is 11.8. The molecule has 0 bridgehead atoms. The summed E-state index contributed by atoms with van der Waals surface area (Å²) in [6.07, 6.45) is 1.07. The lowest BCUT2D eigenvalue weighted by Gasteiger charge is -2.26. The number of carbonyl (C=O) groups excluding carboxylic acids is 3. The predicted octanol–water partition coefficient (Wildman–Crippen LogP) is 0.887. The molecule has 0 aromatic carbocycles. The number of ether oxygens (including phenoxy) is 3. The maximum absolute atomic E-state index is 11.4. The Morgan fingerprint density at radius 2 is 1.68 bits per heavy atom. The molecule has 0 heterocycles. The van der Waals surface area contributed by atoms with Gasteiger partial charge in [0, 0.05) is 26.0 Å². The molecule has 0 fully saturated rings. The average molecular weight is 272 g/mol. The van der Waals surface area contributed by atoms with Gasteiger partial charge >= 0.3 is 11.9 Å². The van der Waals surface area contributed by atoms with Gasteiger partial charge in [0.15, 0.2) is 5.78 Å². The van der Waals surface area contributed by atoms with Gasteiger partial charge in [0.05, 0.1) is 7.11 Å². The van der Waals surface area contributed by atoms with E-state index in [1.165, 1.54) is 34.1 Å². The van der Waals surface area contributed by atoms with Gasteiger partial charge in [-0.3, -0.25) is 9.59 Å². The Kier molecular flexibility index (Phi) is 7.67. The van der Waals surface area contributed by atoms with Crippen molar-refractivity contribution in [3.05, 3.63) is 12.2 Å². The van der Waals surface area contributed by atoms with Crippen molar-refractivity contribution in [2.24, 2.45) is 5.92 Å². The summed E-state index contributed by atoms with van der Waals surface area (Å²) in [4.78, 5) is 33.5. The van der Waals surface area contributed by atoms with Crippen LogP contribution in [0.25, 0.3) is 0 Å². The molecular formula is C13H20O6. The Balaban J connectivity index is 5.01. The second-order valence-electron chi connectivity index (χ2n) is 4.08. The minimum atomic E-state index is -0.745. The van der Waals surface area contributed by atoms with Gasteiger partial charge in [-0.2, -0.15) is 0 Å². The molecule has 0 aliphatic rings. The summed E-state index contributed by atoms with van der Waals surface area (Å²) in [5.41, 5.74) is 0. The lowest BCUT2D eigenvalue weighted by atomic mass is 9.94. The molecular weight excluding hydrogens is 252 g/mol. The number of Topliss-reactive ketones (excluding diaryl/α,β-unsaturated/α-hetero) is 1. The van der Waals surface area contributed by atoms with Crippen molar-refractivity contribution >= 4 is 17.7 Å². The average Bonchev–Trinajstić information content (AvgIpc) is 2.33. The fourth-order valence-corrected chi connectivity index (χ4v) is 1.68. The highest BCUT2D eigenvalue weighted by Gasteiger charge is 2.29. The lowest BCUT2D eigenvalue weighted by molar-refractivity contribution is -0.151. The SMILES string of the molecule is COC(=O)/C=C/[C@@H](OC(C)=O)[C@H](C)[C@@H](OC)C(C)=O. The van der Waals surface area contributed by atoms with Gasteiger partial charge in [0.1, 0.15) is 12.2 Å². The van der Waals surface area contributed by atoms with Crippen LogP contribution in [-0.4, -0.2) is 44.1 Å². The third-order valence-corrected chi connectivity index (χ3v) is 2.58. The minimum absolute atomic E-state index is 0.182. The highest BCUT2D eigenvalue weighted by molar-refractivity contribution is 5.82. The Morgan fingerprint density at radius 3 is 2.05 bits per heavy atom. The van der Waals surface area contributed by atoms with Gasteiger partial charge in [-0.05, 0) is 13.0 Å². The molecule has 3 atom stereocenters. The molecule has 0 aromatic rings. The highest BCUT2D eigenvalue weighted by atomic mass is 16.5. The van der Waals surface area contributed by atoms with E-state index in [-0.39, 0.29) is 5.78 Å². The van der Waals surface area contributed by atoms with Gasteiger partial charge in [0.25, 0.3) is 0 Å². The molecule has 6 nitrogen and oxygen atoms in total. The van der Waals surface area contributed by atoms with Crippen molar-refractivity contribution in [2.45, 2.75) is 33.0 Å².